The first-order valence-electron chi connectivity index (χ1n) is 9.83. The van der Waals surface area contributed by atoms with Crippen LogP contribution in [0.25, 0.3) is 0 Å². The highest BCUT2D eigenvalue weighted by molar-refractivity contribution is 7.91. The van der Waals surface area contributed by atoms with E-state index >= 15 is 0 Å². The monoisotopic (exact) mass is 474 g/mol. The number of morpholine rings is 1. The average molecular weight is 475 g/mol. The third-order valence-corrected chi connectivity index (χ3v) is 9.16. The van der Waals surface area contributed by atoms with Gasteiger partial charge < -0.3 is 14.4 Å². The number of carbonyl (C=O) groups excluding carboxylic acids is 2. The van der Waals surface area contributed by atoms with Crippen molar-refractivity contribution in [3.63, 3.8) is 0 Å². The Bertz CT molecular complexity index is 1060. The van der Waals surface area contributed by atoms with E-state index in [0.29, 0.717) is 25.2 Å². The quantitative estimate of drug-likeness (QED) is 0.520. The second-order valence-corrected chi connectivity index (χ2v) is 11.8. The number of likely N-dealkylation sites (N-methyl/N-ethyl adjacent to an activating group) is 1. The van der Waals surface area contributed by atoms with E-state index in [1.807, 2.05) is 0 Å². The number of hydrogen-bond donors (Lipinski definition) is 0. The molecule has 0 spiro atoms. The maximum absolute atomic E-state index is 12.8. The predicted octanol–water partition coefficient (Wildman–Crippen LogP) is -0.182. The number of carbonyl (C=O) groups is 2. The lowest BCUT2D eigenvalue weighted by molar-refractivity contribution is -0.134. The van der Waals surface area contributed by atoms with Crippen molar-refractivity contribution < 1.29 is 35.9 Å². The summed E-state index contributed by atoms with van der Waals surface area (Å²) in [4.78, 5) is 26.1. The summed E-state index contributed by atoms with van der Waals surface area (Å²) in [5.74, 6) is -1.43. The van der Waals surface area contributed by atoms with Crippen LogP contribution >= 0.6 is 0 Å². The number of ether oxygens (including phenoxy) is 2. The van der Waals surface area contributed by atoms with Crippen LogP contribution in [0.3, 0.4) is 0 Å². The van der Waals surface area contributed by atoms with Crippen molar-refractivity contribution in [1.29, 1.82) is 0 Å². The van der Waals surface area contributed by atoms with Crippen molar-refractivity contribution >= 4 is 31.7 Å². The molecule has 2 saturated heterocycles. The first-order chi connectivity index (χ1) is 14.5. The molecule has 0 bridgehead atoms. The fourth-order valence-corrected chi connectivity index (χ4v) is 6.72. The molecular formula is C19H26N2O8S2. The molecule has 0 aliphatic carbocycles. The molecule has 2 heterocycles. The van der Waals surface area contributed by atoms with E-state index in [-0.39, 0.29) is 35.1 Å². The van der Waals surface area contributed by atoms with E-state index in [4.69, 9.17) is 9.47 Å². The molecule has 0 saturated carbocycles. The maximum Gasteiger partial charge on any atom is 0.338 e. The van der Waals surface area contributed by atoms with Crippen LogP contribution in [0.5, 0.6) is 0 Å². The van der Waals surface area contributed by atoms with E-state index in [0.717, 1.165) is 0 Å². The predicted molar refractivity (Wildman–Crippen MR) is 111 cm³/mol. The largest absolute Gasteiger partial charge is 0.452 e. The number of aryl methyl sites for hydroxylation is 1. The standard InChI is InChI=1S/C19H26N2O8S2/c1-14-3-4-16(31(26,27)21-6-8-28-9-7-21)11-17(14)19(23)29-12-18(22)20(2)15-5-10-30(24,25)13-15/h3-4,11,15H,5-10,12-13H2,1-2H3. The minimum absolute atomic E-state index is 0.0265. The fourth-order valence-electron chi connectivity index (χ4n) is 3.51. The lowest BCUT2D eigenvalue weighted by Crippen LogP contribution is -2.40. The Kier molecular flexibility index (Phi) is 7.04. The number of sulfonamides is 1. The van der Waals surface area contributed by atoms with Gasteiger partial charge in [-0.1, -0.05) is 6.07 Å². The van der Waals surface area contributed by atoms with Crippen molar-refractivity contribution in [3.8, 4) is 0 Å². The lowest BCUT2D eigenvalue weighted by Gasteiger charge is -2.26. The summed E-state index contributed by atoms with van der Waals surface area (Å²) in [6, 6.07) is 3.75. The third kappa shape index (κ3) is 5.43. The molecule has 2 aliphatic heterocycles. The zero-order valence-corrected chi connectivity index (χ0v) is 19.1. The molecule has 1 aromatic carbocycles. The average Bonchev–Trinajstić information content (AvgIpc) is 3.11. The highest BCUT2D eigenvalue weighted by atomic mass is 32.2. The first kappa shape index (κ1) is 23.6. The molecule has 31 heavy (non-hydrogen) atoms. The molecule has 10 nitrogen and oxygen atoms in total. The Labute approximate surface area is 182 Å². The number of esters is 1. The minimum Gasteiger partial charge on any atom is -0.452 e. The third-order valence-electron chi connectivity index (χ3n) is 5.51. The molecule has 2 fully saturated rings. The van der Waals surface area contributed by atoms with Gasteiger partial charge in [-0.2, -0.15) is 4.31 Å². The van der Waals surface area contributed by atoms with Gasteiger partial charge in [0.25, 0.3) is 5.91 Å². The van der Waals surface area contributed by atoms with Crippen LogP contribution in [0.15, 0.2) is 23.1 Å². The van der Waals surface area contributed by atoms with Gasteiger partial charge in [-0.3, -0.25) is 4.79 Å². The topological polar surface area (TPSA) is 127 Å². The molecule has 2 aliphatic rings. The molecule has 1 amide bonds. The summed E-state index contributed by atoms with van der Waals surface area (Å²) >= 11 is 0. The van der Waals surface area contributed by atoms with Crippen LogP contribution in [-0.2, 0) is 34.1 Å². The molecule has 0 N–H and O–H groups in total. The number of nitrogens with zero attached hydrogens (tertiary/aromatic N) is 2. The summed E-state index contributed by atoms with van der Waals surface area (Å²) in [5.41, 5.74) is 0.557. The van der Waals surface area contributed by atoms with Crippen LogP contribution in [0.2, 0.25) is 0 Å². The second kappa shape index (κ2) is 9.23. The summed E-state index contributed by atoms with van der Waals surface area (Å²) in [7, 11) is -5.47. The van der Waals surface area contributed by atoms with Crippen LogP contribution < -0.4 is 0 Å². The van der Waals surface area contributed by atoms with Gasteiger partial charge in [0.2, 0.25) is 10.0 Å². The highest BCUT2D eigenvalue weighted by Crippen LogP contribution is 2.21. The van der Waals surface area contributed by atoms with Crippen molar-refractivity contribution in [1.82, 2.24) is 9.21 Å². The van der Waals surface area contributed by atoms with Gasteiger partial charge in [-0.15, -0.1) is 0 Å². The zero-order valence-electron chi connectivity index (χ0n) is 17.4. The Morgan fingerprint density at radius 3 is 2.55 bits per heavy atom. The number of amides is 1. The molecular weight excluding hydrogens is 448 g/mol. The molecule has 1 aromatic rings. The van der Waals surface area contributed by atoms with Gasteiger partial charge in [0.1, 0.15) is 0 Å². The fraction of sp³-hybridized carbons (Fsp3) is 0.579. The van der Waals surface area contributed by atoms with Crippen LogP contribution in [-0.4, -0.2) is 95.4 Å². The zero-order chi connectivity index (χ0) is 22.8. The SMILES string of the molecule is Cc1ccc(S(=O)(=O)N2CCOCC2)cc1C(=O)OCC(=O)N(C)C1CCS(=O)(=O)C1. The molecule has 12 heteroatoms. The Morgan fingerprint density at radius 1 is 1.26 bits per heavy atom. The van der Waals surface area contributed by atoms with Gasteiger partial charge in [0.05, 0.1) is 35.2 Å². The minimum atomic E-state index is -3.79. The van der Waals surface area contributed by atoms with Gasteiger partial charge >= 0.3 is 5.97 Å². The summed E-state index contributed by atoms with van der Waals surface area (Å²) in [6.07, 6.45) is 0.346. The van der Waals surface area contributed by atoms with Crippen molar-refractivity contribution in [2.24, 2.45) is 0 Å². The van der Waals surface area contributed by atoms with E-state index < -0.39 is 44.4 Å². The van der Waals surface area contributed by atoms with E-state index in [9.17, 15) is 26.4 Å². The van der Waals surface area contributed by atoms with E-state index in [2.05, 4.69) is 0 Å². The Hall–Kier alpha value is -2.02. The van der Waals surface area contributed by atoms with Crippen molar-refractivity contribution in [2.75, 3.05) is 51.5 Å². The summed E-state index contributed by atoms with van der Waals surface area (Å²) in [5, 5.41) is 0. The van der Waals surface area contributed by atoms with Crippen LogP contribution in [0.1, 0.15) is 22.3 Å². The Balaban J connectivity index is 1.67. The summed E-state index contributed by atoms with van der Waals surface area (Å²) in [6.45, 7) is 2.14. The molecule has 1 atom stereocenters. The van der Waals surface area contributed by atoms with Crippen LogP contribution in [0, 0.1) is 6.92 Å². The van der Waals surface area contributed by atoms with Crippen molar-refractivity contribution in [2.45, 2.75) is 24.3 Å². The first-order valence-corrected chi connectivity index (χ1v) is 13.1. The van der Waals surface area contributed by atoms with Crippen LogP contribution in [0.4, 0.5) is 0 Å². The number of benzene rings is 1. The normalized spacial score (nSPS) is 21.5. The van der Waals surface area contributed by atoms with Gasteiger partial charge in [-0.25, -0.2) is 21.6 Å². The van der Waals surface area contributed by atoms with Gasteiger partial charge in [-0.05, 0) is 31.0 Å². The molecule has 172 valence electrons. The summed E-state index contributed by atoms with van der Waals surface area (Å²) < 4.78 is 60.5. The van der Waals surface area contributed by atoms with Gasteiger partial charge in [0.15, 0.2) is 16.4 Å². The maximum atomic E-state index is 12.8. The molecule has 0 aromatic heterocycles. The van der Waals surface area contributed by atoms with Gasteiger partial charge in [0, 0.05) is 26.2 Å². The second-order valence-electron chi connectivity index (χ2n) is 7.63. The molecule has 1 unspecified atom stereocenters. The highest BCUT2D eigenvalue weighted by Gasteiger charge is 2.33. The molecule has 3 rings (SSSR count). The number of hydrogen-bond acceptors (Lipinski definition) is 8. The Morgan fingerprint density at radius 2 is 1.94 bits per heavy atom. The number of rotatable bonds is 6. The smallest absolute Gasteiger partial charge is 0.338 e. The van der Waals surface area contributed by atoms with Crippen molar-refractivity contribution in [3.05, 3.63) is 29.3 Å². The van der Waals surface area contributed by atoms with E-state index in [1.165, 1.54) is 34.5 Å². The van der Waals surface area contributed by atoms with E-state index in [1.54, 1.807) is 6.92 Å². The number of sulfone groups is 1. The molecule has 0 radical (unpaired) electrons. The lowest BCUT2D eigenvalue weighted by atomic mass is 10.1.